The standard InChI is InChI=1S/C38H43IN6O7S2/c1-38(2,3)52-37(46)40-21-22-53-33-20-19-32(39)34(36-41-43-45(42-36)25-28-11-17-31(51-6)18-12-28)35(33)54(47,48)44(23-26-7-13-29(49-4)14-8-26)24-27-9-15-30(50-5)16-10-27/h7-20H,21-25H2,1-6H3,(H,40,46). The second-order valence-corrected chi connectivity index (χ2v) is 17.2. The van der Waals surface area contributed by atoms with E-state index in [4.69, 9.17) is 18.9 Å². The third-order valence-electron chi connectivity index (χ3n) is 7.89. The van der Waals surface area contributed by atoms with Gasteiger partial charge in [0.1, 0.15) is 27.7 Å². The smallest absolute Gasteiger partial charge is 0.407 e. The predicted molar refractivity (Wildman–Crippen MR) is 215 cm³/mol. The van der Waals surface area contributed by atoms with Crippen LogP contribution in [0.25, 0.3) is 11.4 Å². The van der Waals surface area contributed by atoms with Gasteiger partial charge in [-0.15, -0.1) is 22.0 Å². The van der Waals surface area contributed by atoms with Crippen LogP contribution in [-0.4, -0.2) is 78.3 Å². The summed E-state index contributed by atoms with van der Waals surface area (Å²) in [5, 5.41) is 16.1. The highest BCUT2D eigenvalue weighted by molar-refractivity contribution is 14.1. The number of carbonyl (C=O) groups is 1. The fraction of sp³-hybridized carbons (Fsp3) is 0.316. The minimum atomic E-state index is -4.29. The molecule has 286 valence electrons. The molecule has 16 heteroatoms. The number of nitrogens with one attached hydrogen (secondary N) is 1. The lowest BCUT2D eigenvalue weighted by Crippen LogP contribution is -2.33. The summed E-state index contributed by atoms with van der Waals surface area (Å²) in [7, 11) is 0.472. The lowest BCUT2D eigenvalue weighted by atomic mass is 10.2. The molecule has 0 spiro atoms. The SMILES string of the molecule is COc1ccc(CN(Cc2ccc(OC)cc2)S(=O)(=O)c2c(SCCNC(=O)OC(C)(C)C)ccc(I)c2-c2nnn(Cc3ccc(OC)cc3)n2)cc1. The zero-order valence-electron chi connectivity index (χ0n) is 30.9. The first kappa shape index (κ1) is 40.8. The van der Waals surface area contributed by atoms with Crippen LogP contribution in [0.3, 0.4) is 0 Å². The normalized spacial score (nSPS) is 11.7. The summed E-state index contributed by atoms with van der Waals surface area (Å²) in [5.74, 6) is 2.56. The van der Waals surface area contributed by atoms with E-state index < -0.39 is 21.7 Å². The van der Waals surface area contributed by atoms with Crippen molar-refractivity contribution in [3.05, 3.63) is 105 Å². The molecule has 0 atom stereocenters. The van der Waals surface area contributed by atoms with Crippen molar-refractivity contribution in [3.8, 4) is 28.6 Å². The Balaban J connectivity index is 1.57. The van der Waals surface area contributed by atoms with E-state index in [9.17, 15) is 4.79 Å². The molecule has 1 heterocycles. The van der Waals surface area contributed by atoms with Crippen LogP contribution in [0.4, 0.5) is 4.79 Å². The first-order valence-corrected chi connectivity index (χ1v) is 20.4. The Bertz CT molecular complexity index is 2070. The highest BCUT2D eigenvalue weighted by atomic mass is 127. The van der Waals surface area contributed by atoms with Crippen LogP contribution < -0.4 is 19.5 Å². The number of aromatic nitrogens is 4. The Hall–Kier alpha value is -4.39. The quantitative estimate of drug-likeness (QED) is 0.0620. The molecule has 4 aromatic carbocycles. The third kappa shape index (κ3) is 10.9. The number of alkyl carbamates (subject to hydrolysis) is 1. The monoisotopic (exact) mass is 886 g/mol. The van der Waals surface area contributed by atoms with Gasteiger partial charge >= 0.3 is 6.09 Å². The van der Waals surface area contributed by atoms with Crippen LogP contribution in [0, 0.1) is 3.57 Å². The van der Waals surface area contributed by atoms with E-state index >= 15 is 8.42 Å². The van der Waals surface area contributed by atoms with Crippen LogP contribution in [0.1, 0.15) is 37.5 Å². The van der Waals surface area contributed by atoms with E-state index in [-0.39, 0.29) is 30.4 Å². The molecular formula is C38H43IN6O7S2. The first-order valence-electron chi connectivity index (χ1n) is 16.9. The van der Waals surface area contributed by atoms with Gasteiger partial charge in [-0.25, -0.2) is 13.2 Å². The predicted octanol–water partition coefficient (Wildman–Crippen LogP) is 7.03. The van der Waals surface area contributed by atoms with Crippen molar-refractivity contribution >= 4 is 50.5 Å². The Labute approximate surface area is 333 Å². The second kappa shape index (κ2) is 18.3. The van der Waals surface area contributed by atoms with E-state index in [1.807, 2.05) is 54.6 Å². The van der Waals surface area contributed by atoms with Gasteiger partial charge in [0.2, 0.25) is 15.8 Å². The molecule has 0 aliphatic rings. The summed E-state index contributed by atoms with van der Waals surface area (Å²) >= 11 is 3.41. The molecule has 0 bridgehead atoms. The molecule has 0 unspecified atom stereocenters. The van der Waals surface area contributed by atoms with E-state index in [1.54, 1.807) is 72.4 Å². The average molecular weight is 887 g/mol. The van der Waals surface area contributed by atoms with Crippen LogP contribution in [0.5, 0.6) is 17.2 Å². The molecule has 0 radical (unpaired) electrons. The van der Waals surface area contributed by atoms with Gasteiger partial charge in [0.05, 0.1) is 33.4 Å². The van der Waals surface area contributed by atoms with Crippen molar-refractivity contribution in [2.24, 2.45) is 0 Å². The zero-order valence-corrected chi connectivity index (χ0v) is 34.7. The number of tetrazole rings is 1. The summed E-state index contributed by atoms with van der Waals surface area (Å²) in [6.07, 6.45) is -0.554. The molecule has 54 heavy (non-hydrogen) atoms. The van der Waals surface area contributed by atoms with Crippen molar-refractivity contribution in [1.82, 2.24) is 29.8 Å². The van der Waals surface area contributed by atoms with Gasteiger partial charge < -0.3 is 24.3 Å². The van der Waals surface area contributed by atoms with Crippen molar-refractivity contribution in [3.63, 3.8) is 0 Å². The van der Waals surface area contributed by atoms with Crippen molar-refractivity contribution < 1.29 is 32.2 Å². The Morgan fingerprint density at radius 1 is 0.815 bits per heavy atom. The first-order chi connectivity index (χ1) is 25.8. The van der Waals surface area contributed by atoms with E-state index in [2.05, 4.69) is 43.3 Å². The number of hydrogen-bond donors (Lipinski definition) is 1. The van der Waals surface area contributed by atoms with Crippen LogP contribution >= 0.6 is 34.4 Å². The van der Waals surface area contributed by atoms with Crippen LogP contribution in [0.15, 0.2) is 94.7 Å². The van der Waals surface area contributed by atoms with Gasteiger partial charge in [-0.05, 0) is 114 Å². The zero-order chi connectivity index (χ0) is 38.9. The third-order valence-corrected chi connectivity index (χ3v) is 11.9. The Kier molecular flexibility index (Phi) is 13.8. The molecular weight excluding hydrogens is 843 g/mol. The highest BCUT2D eigenvalue weighted by Crippen LogP contribution is 2.40. The van der Waals surface area contributed by atoms with Gasteiger partial charge in [0.25, 0.3) is 0 Å². The number of halogens is 1. The van der Waals surface area contributed by atoms with Crippen molar-refractivity contribution in [2.75, 3.05) is 33.6 Å². The number of nitrogens with zero attached hydrogens (tertiary/aromatic N) is 5. The number of sulfonamides is 1. The molecule has 0 aliphatic heterocycles. The second-order valence-electron chi connectivity index (χ2n) is 13.0. The molecule has 5 aromatic rings. The largest absolute Gasteiger partial charge is 0.497 e. The molecule has 0 saturated carbocycles. The Morgan fingerprint density at radius 2 is 1.33 bits per heavy atom. The molecule has 1 aromatic heterocycles. The van der Waals surface area contributed by atoms with E-state index in [0.717, 1.165) is 22.4 Å². The van der Waals surface area contributed by atoms with Crippen LogP contribution in [-0.2, 0) is 34.4 Å². The number of thioether (sulfide) groups is 1. The van der Waals surface area contributed by atoms with Gasteiger partial charge in [0, 0.05) is 33.9 Å². The number of hydrogen-bond acceptors (Lipinski definition) is 11. The number of benzene rings is 4. The highest BCUT2D eigenvalue weighted by Gasteiger charge is 2.34. The van der Waals surface area contributed by atoms with Gasteiger partial charge in [-0.1, -0.05) is 36.4 Å². The fourth-order valence-corrected chi connectivity index (χ4v) is 9.14. The fourth-order valence-electron chi connectivity index (χ4n) is 5.27. The number of ether oxygens (including phenoxy) is 4. The number of carbonyl (C=O) groups excluding carboxylic acids is 1. The van der Waals surface area contributed by atoms with E-state index in [1.165, 1.54) is 20.9 Å². The molecule has 5 rings (SSSR count). The average Bonchev–Trinajstić information content (AvgIpc) is 3.61. The van der Waals surface area contributed by atoms with Gasteiger partial charge in [-0.3, -0.25) is 0 Å². The molecule has 0 fully saturated rings. The van der Waals surface area contributed by atoms with Crippen LogP contribution in [0.2, 0.25) is 0 Å². The van der Waals surface area contributed by atoms with Gasteiger partial charge in [0.15, 0.2) is 0 Å². The molecule has 0 saturated heterocycles. The molecule has 13 nitrogen and oxygen atoms in total. The maximum atomic E-state index is 15.3. The maximum absolute atomic E-state index is 15.3. The lowest BCUT2D eigenvalue weighted by Gasteiger charge is -2.25. The molecule has 1 N–H and O–H groups in total. The van der Waals surface area contributed by atoms with Crippen molar-refractivity contribution in [2.45, 2.75) is 55.8 Å². The molecule has 1 amide bonds. The molecule has 0 aliphatic carbocycles. The minimum Gasteiger partial charge on any atom is -0.497 e. The summed E-state index contributed by atoms with van der Waals surface area (Å²) < 4.78 is 54.0. The Morgan fingerprint density at radius 3 is 1.83 bits per heavy atom. The summed E-state index contributed by atoms with van der Waals surface area (Å²) in [6.45, 7) is 6.03. The number of amides is 1. The maximum Gasteiger partial charge on any atom is 0.407 e. The van der Waals surface area contributed by atoms with Gasteiger partial charge in [-0.2, -0.15) is 9.10 Å². The summed E-state index contributed by atoms with van der Waals surface area (Å²) in [5.41, 5.74) is 2.11. The van der Waals surface area contributed by atoms with E-state index in [0.29, 0.717) is 37.8 Å². The lowest BCUT2D eigenvalue weighted by molar-refractivity contribution is 0.0531. The van der Waals surface area contributed by atoms with Crippen molar-refractivity contribution in [1.29, 1.82) is 0 Å². The minimum absolute atomic E-state index is 0.0442. The summed E-state index contributed by atoms with van der Waals surface area (Å²) in [6, 6.07) is 25.7. The topological polar surface area (TPSA) is 147 Å². The summed E-state index contributed by atoms with van der Waals surface area (Å²) in [4.78, 5) is 14.3. The number of rotatable bonds is 16. The number of methoxy groups -OCH3 is 3.